The fraction of sp³-hybridized carbons (Fsp3) is 1.00. The molecule has 0 rings (SSSR count). The summed E-state index contributed by atoms with van der Waals surface area (Å²) in [5.41, 5.74) is 14.9. The third-order valence-corrected chi connectivity index (χ3v) is 2.48. The lowest BCUT2D eigenvalue weighted by atomic mass is 10.2. The molecule has 0 saturated heterocycles. The quantitative estimate of drug-likeness (QED) is 0.234. The molecule has 0 aliphatic carbocycles. The Kier molecular flexibility index (Phi) is 8.67. The maximum atomic E-state index is 9.57. The van der Waals surface area contributed by atoms with Crippen LogP contribution in [-0.4, -0.2) is 61.7 Å². The lowest BCUT2D eigenvalue weighted by Crippen LogP contribution is -2.59. The van der Waals surface area contributed by atoms with Crippen LogP contribution < -0.4 is 22.0 Å². The van der Waals surface area contributed by atoms with Gasteiger partial charge in [0.1, 0.15) is 0 Å². The van der Waals surface area contributed by atoms with Gasteiger partial charge in [0, 0.05) is 20.6 Å². The highest BCUT2D eigenvalue weighted by Crippen LogP contribution is 1.96. The molecule has 0 radical (unpaired) electrons. The fourth-order valence-electron chi connectivity index (χ4n) is 1.33. The Bertz CT molecular complexity index is 166. The summed E-state index contributed by atoms with van der Waals surface area (Å²) in [4.78, 5) is 0. The molecule has 2 unspecified atom stereocenters. The number of aliphatic hydroxyl groups is 1. The average molecular weight is 234 g/mol. The molecule has 2 atom stereocenters. The van der Waals surface area contributed by atoms with Gasteiger partial charge in [0.2, 0.25) is 0 Å². The Labute approximate surface area is 97.9 Å². The van der Waals surface area contributed by atoms with Crippen LogP contribution in [0.25, 0.3) is 0 Å². The highest BCUT2D eigenvalue weighted by atomic mass is 16.3. The molecule has 7 heteroatoms. The Morgan fingerprint density at radius 3 is 2.06 bits per heavy atom. The summed E-state index contributed by atoms with van der Waals surface area (Å²) < 4.78 is 0. The molecule has 0 aromatic rings. The number of nitrogens with one attached hydrogen (secondary N) is 3. The van der Waals surface area contributed by atoms with Crippen molar-refractivity contribution in [2.75, 3.05) is 34.2 Å². The number of hydrazine groups is 3. The molecule has 0 amide bonds. The summed E-state index contributed by atoms with van der Waals surface area (Å²) in [5.74, 6) is 0. The van der Waals surface area contributed by atoms with Crippen molar-refractivity contribution in [3.8, 4) is 0 Å². The predicted molar refractivity (Wildman–Crippen MR) is 64.9 cm³/mol. The van der Waals surface area contributed by atoms with Crippen LogP contribution in [-0.2, 0) is 0 Å². The molecule has 0 fully saturated rings. The Morgan fingerprint density at radius 1 is 1.12 bits per heavy atom. The number of rotatable bonds is 9. The molecule has 7 nitrogen and oxygen atoms in total. The van der Waals surface area contributed by atoms with Crippen LogP contribution in [0.3, 0.4) is 0 Å². The maximum absolute atomic E-state index is 9.57. The van der Waals surface area contributed by atoms with E-state index in [1.165, 1.54) is 0 Å². The molecule has 0 saturated carbocycles. The van der Waals surface area contributed by atoms with Gasteiger partial charge >= 0.3 is 0 Å². The monoisotopic (exact) mass is 234 g/mol. The molecule has 0 aliphatic rings. The first kappa shape index (κ1) is 15.7. The van der Waals surface area contributed by atoms with E-state index in [0.29, 0.717) is 19.5 Å². The van der Waals surface area contributed by atoms with Crippen molar-refractivity contribution in [3.05, 3.63) is 0 Å². The van der Waals surface area contributed by atoms with Crippen molar-refractivity contribution < 1.29 is 5.11 Å². The first-order chi connectivity index (χ1) is 7.58. The zero-order valence-electron chi connectivity index (χ0n) is 10.7. The van der Waals surface area contributed by atoms with E-state index in [2.05, 4.69) is 16.3 Å². The fourth-order valence-corrected chi connectivity index (χ4v) is 1.33. The summed E-state index contributed by atoms with van der Waals surface area (Å²) >= 11 is 0. The number of nitrogens with two attached hydrogens (primary N) is 1. The van der Waals surface area contributed by atoms with Gasteiger partial charge in [-0.15, -0.1) is 0 Å². The van der Waals surface area contributed by atoms with Gasteiger partial charge in [-0.3, -0.25) is 5.43 Å². The molecule has 0 aromatic heterocycles. The smallest absolute Gasteiger partial charge is 0.0866 e. The molecule has 16 heavy (non-hydrogen) atoms. The van der Waals surface area contributed by atoms with Gasteiger partial charge in [0.15, 0.2) is 0 Å². The summed E-state index contributed by atoms with van der Waals surface area (Å²) in [6.45, 7) is 3.04. The summed E-state index contributed by atoms with van der Waals surface area (Å²) in [6.07, 6.45) is 0.134. The van der Waals surface area contributed by atoms with Crippen LogP contribution in [0.15, 0.2) is 0 Å². The van der Waals surface area contributed by atoms with Gasteiger partial charge in [-0.2, -0.15) is 5.12 Å². The molecule has 0 spiro atoms. The summed E-state index contributed by atoms with van der Waals surface area (Å²) in [6, 6.07) is 0. The van der Waals surface area contributed by atoms with Gasteiger partial charge < -0.3 is 10.8 Å². The van der Waals surface area contributed by atoms with Crippen molar-refractivity contribution in [1.29, 1.82) is 0 Å². The summed E-state index contributed by atoms with van der Waals surface area (Å²) in [5, 5.41) is 13.2. The van der Waals surface area contributed by atoms with E-state index in [-0.39, 0.29) is 12.3 Å². The van der Waals surface area contributed by atoms with Gasteiger partial charge in [-0.05, 0) is 13.5 Å². The Hall–Kier alpha value is -0.280. The number of nitrogens with zero attached hydrogens (tertiary/aromatic N) is 2. The minimum absolute atomic E-state index is 0.217. The second kappa shape index (κ2) is 8.82. The molecule has 0 aliphatic heterocycles. The van der Waals surface area contributed by atoms with E-state index in [1.807, 2.05) is 26.0 Å². The van der Waals surface area contributed by atoms with Crippen LogP contribution >= 0.6 is 0 Å². The van der Waals surface area contributed by atoms with E-state index in [0.717, 1.165) is 0 Å². The lowest BCUT2D eigenvalue weighted by molar-refractivity contribution is 0.0234. The highest BCUT2D eigenvalue weighted by molar-refractivity contribution is 4.67. The molecule has 6 N–H and O–H groups in total. The van der Waals surface area contributed by atoms with E-state index in [1.54, 1.807) is 12.2 Å². The minimum atomic E-state index is -0.365. The Balaban J connectivity index is 4.13. The van der Waals surface area contributed by atoms with Crippen molar-refractivity contribution in [2.24, 2.45) is 5.73 Å². The molecular formula is C9H26N6O. The first-order valence-corrected chi connectivity index (χ1v) is 5.58. The molecule has 0 bridgehead atoms. The van der Waals surface area contributed by atoms with Crippen molar-refractivity contribution in [3.63, 3.8) is 0 Å². The van der Waals surface area contributed by atoms with Crippen LogP contribution in [0.2, 0.25) is 0 Å². The largest absolute Gasteiger partial charge is 0.392 e. The normalized spacial score (nSPS) is 15.8. The number of hydrogen-bond donors (Lipinski definition) is 5. The average Bonchev–Trinajstić information content (AvgIpc) is 2.31. The summed E-state index contributed by atoms with van der Waals surface area (Å²) in [7, 11) is 5.42. The van der Waals surface area contributed by atoms with Gasteiger partial charge in [-0.1, -0.05) is 6.92 Å². The third-order valence-electron chi connectivity index (χ3n) is 2.48. The zero-order valence-corrected chi connectivity index (χ0v) is 10.7. The Morgan fingerprint density at radius 2 is 1.69 bits per heavy atom. The highest BCUT2D eigenvalue weighted by Gasteiger charge is 2.17. The van der Waals surface area contributed by atoms with Crippen LogP contribution in [0.1, 0.15) is 13.3 Å². The second-order valence-corrected chi connectivity index (χ2v) is 3.56. The van der Waals surface area contributed by atoms with Gasteiger partial charge in [0.25, 0.3) is 0 Å². The van der Waals surface area contributed by atoms with E-state index >= 15 is 0 Å². The minimum Gasteiger partial charge on any atom is -0.392 e. The zero-order chi connectivity index (χ0) is 12.6. The molecule has 0 heterocycles. The van der Waals surface area contributed by atoms with E-state index in [9.17, 15) is 5.11 Å². The van der Waals surface area contributed by atoms with Gasteiger partial charge in [0.05, 0.1) is 18.8 Å². The predicted octanol–water partition coefficient (Wildman–Crippen LogP) is -1.95. The third kappa shape index (κ3) is 5.71. The molecular weight excluding hydrogens is 208 g/mol. The number of aliphatic hydroxyl groups excluding tert-OH is 1. The van der Waals surface area contributed by atoms with E-state index < -0.39 is 0 Å². The van der Waals surface area contributed by atoms with Crippen molar-refractivity contribution in [2.45, 2.75) is 25.6 Å². The van der Waals surface area contributed by atoms with Crippen LogP contribution in [0, 0.1) is 0 Å². The first-order valence-electron chi connectivity index (χ1n) is 5.58. The molecule has 0 aromatic carbocycles. The van der Waals surface area contributed by atoms with Crippen LogP contribution in [0.4, 0.5) is 0 Å². The topological polar surface area (TPSA) is 88.8 Å². The number of hydrogen-bond acceptors (Lipinski definition) is 7. The molecule has 98 valence electrons. The van der Waals surface area contributed by atoms with Gasteiger partial charge in [-0.25, -0.2) is 15.9 Å². The standard InChI is InChI=1S/C9H26N6O/c1-5-8(16)6-14(11-2)9(10)7-15(12-3)13-4/h8-9,11-13,16H,5-7,10H2,1-4H3. The van der Waals surface area contributed by atoms with Crippen LogP contribution in [0.5, 0.6) is 0 Å². The SMILES string of the molecule is CCC(O)CN(NC)C(N)CN(NC)NC. The van der Waals surface area contributed by atoms with Crippen molar-refractivity contribution in [1.82, 2.24) is 26.4 Å². The second-order valence-electron chi connectivity index (χ2n) is 3.56. The van der Waals surface area contributed by atoms with Crippen molar-refractivity contribution >= 4 is 0 Å². The maximum Gasteiger partial charge on any atom is 0.0866 e. The lowest BCUT2D eigenvalue weighted by Gasteiger charge is -2.32. The van der Waals surface area contributed by atoms with E-state index in [4.69, 9.17) is 5.73 Å².